The predicted molar refractivity (Wildman–Crippen MR) is 55.3 cm³/mol. The minimum Gasteiger partial charge on any atom is -0.0710 e. The van der Waals surface area contributed by atoms with Gasteiger partial charge in [-0.2, -0.15) is 0 Å². The Labute approximate surface area is 78.4 Å². The van der Waals surface area contributed by atoms with Crippen molar-refractivity contribution in [3.63, 3.8) is 0 Å². The summed E-state index contributed by atoms with van der Waals surface area (Å²) in [6.45, 7) is 4.68. The van der Waals surface area contributed by atoms with E-state index < -0.39 is 0 Å². The van der Waals surface area contributed by atoms with Gasteiger partial charge in [0.25, 0.3) is 0 Å². The fourth-order valence-corrected chi connectivity index (χ4v) is 2.33. The second kappa shape index (κ2) is 4.07. The van der Waals surface area contributed by atoms with E-state index in [-0.39, 0.29) is 8.80 Å². The van der Waals surface area contributed by atoms with Crippen molar-refractivity contribution in [2.75, 3.05) is 0 Å². The minimum absolute atomic E-state index is 0.115. The van der Waals surface area contributed by atoms with Crippen LogP contribution in [0.25, 0.3) is 0 Å². The Kier molecular flexibility index (Phi) is 3.33. The molecule has 0 spiro atoms. The first-order chi connectivity index (χ1) is 5.18. The van der Waals surface area contributed by atoms with Crippen molar-refractivity contribution in [1.82, 2.24) is 0 Å². The van der Waals surface area contributed by atoms with Gasteiger partial charge in [-0.25, -0.2) is 0 Å². The fraction of sp³-hybridized carbons (Fsp3) is 0.333. The summed E-state index contributed by atoms with van der Waals surface area (Å²) in [5, 5.41) is 0. The van der Waals surface area contributed by atoms with Gasteiger partial charge in [-0.3, -0.25) is 0 Å². The van der Waals surface area contributed by atoms with E-state index in [0.29, 0.717) is 0 Å². The molecule has 11 heavy (non-hydrogen) atoms. The number of hydrogen-bond acceptors (Lipinski definition) is 0. The zero-order valence-electron chi connectivity index (χ0n) is 6.89. The van der Waals surface area contributed by atoms with Crippen LogP contribution in [-0.2, 0) is 6.04 Å². The maximum absolute atomic E-state index is 3.42. The molecule has 59 valence electrons. The summed E-state index contributed by atoms with van der Waals surface area (Å²) < 4.78 is 1.17. The van der Waals surface area contributed by atoms with Crippen LogP contribution in [0.15, 0.2) is 28.7 Å². The molecule has 0 fully saturated rings. The van der Waals surface area contributed by atoms with Crippen molar-refractivity contribution in [1.29, 1.82) is 0 Å². The molecular weight excluding hydrogens is 216 g/mol. The molecule has 1 aromatic carbocycles. The molecule has 1 radical (unpaired) electrons. The summed E-state index contributed by atoms with van der Waals surface area (Å²) in [4.78, 5) is 0. The SMILES string of the molecule is C[Si](C)Cc1ccc(Br)cc1. The molecule has 2 heteroatoms. The molecule has 0 amide bonds. The lowest BCUT2D eigenvalue weighted by Gasteiger charge is -2.02. The van der Waals surface area contributed by atoms with Crippen LogP contribution in [0.3, 0.4) is 0 Å². The van der Waals surface area contributed by atoms with Gasteiger partial charge < -0.3 is 0 Å². The Morgan fingerprint density at radius 3 is 2.18 bits per heavy atom. The third-order valence-electron chi connectivity index (χ3n) is 1.47. The first-order valence-electron chi connectivity index (χ1n) is 3.72. The van der Waals surface area contributed by atoms with Crippen LogP contribution in [0, 0.1) is 0 Å². The highest BCUT2D eigenvalue weighted by Crippen LogP contribution is 2.11. The van der Waals surface area contributed by atoms with E-state index in [2.05, 4.69) is 53.3 Å². The van der Waals surface area contributed by atoms with Gasteiger partial charge in [0.05, 0.1) is 0 Å². The highest BCUT2D eigenvalue weighted by Gasteiger charge is 1.97. The summed E-state index contributed by atoms with van der Waals surface area (Å²) in [7, 11) is -0.115. The average Bonchev–Trinajstić information content (AvgIpc) is 1.93. The van der Waals surface area contributed by atoms with Gasteiger partial charge in [-0.05, 0) is 18.2 Å². The molecule has 0 heterocycles. The number of hydrogen-bond donors (Lipinski definition) is 0. The third-order valence-corrected chi connectivity index (χ3v) is 3.11. The smallest absolute Gasteiger partial charge is 0.0460 e. The Hall–Kier alpha value is -0.0831. The molecule has 0 saturated carbocycles. The highest BCUT2D eigenvalue weighted by molar-refractivity contribution is 9.10. The van der Waals surface area contributed by atoms with Gasteiger partial charge in [0, 0.05) is 13.3 Å². The predicted octanol–water partition coefficient (Wildman–Crippen LogP) is 3.29. The molecule has 0 saturated heterocycles. The van der Waals surface area contributed by atoms with Crippen LogP contribution in [0.5, 0.6) is 0 Å². The van der Waals surface area contributed by atoms with Crippen LogP contribution in [-0.4, -0.2) is 8.80 Å². The van der Waals surface area contributed by atoms with E-state index in [1.54, 1.807) is 0 Å². The fourth-order valence-electron chi connectivity index (χ4n) is 1.01. The van der Waals surface area contributed by atoms with Gasteiger partial charge in [0.1, 0.15) is 0 Å². The maximum atomic E-state index is 3.42. The topological polar surface area (TPSA) is 0 Å². The van der Waals surface area contributed by atoms with Crippen LogP contribution >= 0.6 is 15.9 Å². The van der Waals surface area contributed by atoms with Crippen molar-refractivity contribution in [2.45, 2.75) is 19.1 Å². The van der Waals surface area contributed by atoms with Crippen molar-refractivity contribution in [3.8, 4) is 0 Å². The summed E-state index contributed by atoms with van der Waals surface area (Å²) >= 11 is 3.42. The van der Waals surface area contributed by atoms with Crippen LogP contribution in [0.1, 0.15) is 5.56 Å². The molecule has 0 aliphatic heterocycles. The summed E-state index contributed by atoms with van der Waals surface area (Å²) in [6, 6.07) is 9.89. The van der Waals surface area contributed by atoms with Crippen molar-refractivity contribution >= 4 is 24.7 Å². The summed E-state index contributed by atoms with van der Waals surface area (Å²) in [5.74, 6) is 0. The maximum Gasteiger partial charge on any atom is 0.0460 e. The van der Waals surface area contributed by atoms with Crippen LogP contribution in [0.4, 0.5) is 0 Å². The van der Waals surface area contributed by atoms with Gasteiger partial charge in [0.2, 0.25) is 0 Å². The van der Waals surface area contributed by atoms with E-state index in [0.717, 1.165) is 0 Å². The molecule has 0 aromatic heterocycles. The van der Waals surface area contributed by atoms with Crippen LogP contribution in [0.2, 0.25) is 13.1 Å². The number of benzene rings is 1. The zero-order chi connectivity index (χ0) is 8.27. The van der Waals surface area contributed by atoms with E-state index in [1.807, 2.05) is 0 Å². The normalized spacial score (nSPS) is 10.5. The zero-order valence-corrected chi connectivity index (χ0v) is 9.48. The quantitative estimate of drug-likeness (QED) is 0.681. The van der Waals surface area contributed by atoms with Crippen LogP contribution < -0.4 is 0 Å². The van der Waals surface area contributed by atoms with Crippen molar-refractivity contribution in [3.05, 3.63) is 34.3 Å². The van der Waals surface area contributed by atoms with E-state index >= 15 is 0 Å². The lowest BCUT2D eigenvalue weighted by molar-refractivity contribution is 1.35. The van der Waals surface area contributed by atoms with Gasteiger partial charge in [0.15, 0.2) is 0 Å². The molecule has 0 aliphatic rings. The molecule has 0 bridgehead atoms. The minimum atomic E-state index is -0.115. The number of halogens is 1. The molecule has 0 atom stereocenters. The summed E-state index contributed by atoms with van der Waals surface area (Å²) in [6.07, 6.45) is 0. The van der Waals surface area contributed by atoms with Gasteiger partial charge in [-0.15, -0.1) is 0 Å². The second-order valence-corrected chi connectivity index (χ2v) is 6.69. The van der Waals surface area contributed by atoms with Gasteiger partial charge in [-0.1, -0.05) is 46.7 Å². The molecule has 0 aliphatic carbocycles. The van der Waals surface area contributed by atoms with Crippen molar-refractivity contribution < 1.29 is 0 Å². The Morgan fingerprint density at radius 2 is 1.73 bits per heavy atom. The standard InChI is InChI=1S/C9H12BrSi/c1-11(2)7-8-3-5-9(10)6-4-8/h3-6H,7H2,1-2H3. The first kappa shape index (κ1) is 9.01. The van der Waals surface area contributed by atoms with Crippen molar-refractivity contribution in [2.24, 2.45) is 0 Å². The Balaban J connectivity index is 2.66. The molecular formula is C9H12BrSi. The lowest BCUT2D eigenvalue weighted by atomic mass is 10.2. The van der Waals surface area contributed by atoms with E-state index in [4.69, 9.17) is 0 Å². The molecule has 0 unspecified atom stereocenters. The average molecular weight is 228 g/mol. The molecule has 1 aromatic rings. The largest absolute Gasteiger partial charge is 0.0710 e. The summed E-state index contributed by atoms with van der Waals surface area (Å²) in [5.41, 5.74) is 1.46. The first-order valence-corrected chi connectivity index (χ1v) is 7.22. The highest BCUT2D eigenvalue weighted by atomic mass is 79.9. The number of rotatable bonds is 2. The monoisotopic (exact) mass is 227 g/mol. The Morgan fingerprint density at radius 1 is 1.18 bits per heavy atom. The Bertz CT molecular complexity index is 216. The van der Waals surface area contributed by atoms with E-state index in [9.17, 15) is 0 Å². The molecule has 1 rings (SSSR count). The lowest BCUT2D eigenvalue weighted by Crippen LogP contribution is -2.04. The van der Waals surface area contributed by atoms with Gasteiger partial charge >= 0.3 is 0 Å². The second-order valence-electron chi connectivity index (χ2n) is 3.01. The molecule has 0 nitrogen and oxygen atoms in total. The van der Waals surface area contributed by atoms with E-state index in [1.165, 1.54) is 16.1 Å². The molecule has 0 N–H and O–H groups in total. The third kappa shape index (κ3) is 3.21.